The van der Waals surface area contributed by atoms with E-state index >= 15 is 0 Å². The highest BCUT2D eigenvalue weighted by molar-refractivity contribution is 5.93. The minimum Gasteiger partial charge on any atom is -0.166 e. The van der Waals surface area contributed by atoms with Gasteiger partial charge in [-0.2, -0.15) is 23.4 Å². The zero-order chi connectivity index (χ0) is 22.6. The Hall–Kier alpha value is -1.65. The molecule has 174 valence electrons. The third kappa shape index (κ3) is 3.54. The highest BCUT2D eigenvalue weighted by Gasteiger charge is 2.59. The molecule has 32 heavy (non-hydrogen) atoms. The van der Waals surface area contributed by atoms with Gasteiger partial charge in [-0.3, -0.25) is 0 Å². The second-order valence-corrected chi connectivity index (χ2v) is 11.3. The van der Waals surface area contributed by atoms with Gasteiger partial charge < -0.3 is 0 Å². The summed E-state index contributed by atoms with van der Waals surface area (Å²) in [5.41, 5.74) is 1.10. The summed E-state index contributed by atoms with van der Waals surface area (Å²) in [5.74, 6) is 3.17. The average Bonchev–Trinajstić information content (AvgIpc) is 3.09. The highest BCUT2D eigenvalue weighted by Crippen LogP contribution is 2.65. The second kappa shape index (κ2) is 7.99. The Morgan fingerprint density at radius 3 is 2.56 bits per heavy atom. The molecule has 1 aromatic carbocycles. The molecule has 0 radical (unpaired) electrons. The van der Waals surface area contributed by atoms with Crippen molar-refractivity contribution < 1.29 is 13.2 Å². The molecule has 0 unspecified atom stereocenters. The van der Waals surface area contributed by atoms with Gasteiger partial charge in [-0.05, 0) is 86.5 Å². The lowest BCUT2D eigenvalue weighted by Crippen LogP contribution is -2.52. The number of hydrogen-bond acceptors (Lipinski definition) is 2. The molecule has 0 amide bonds. The Kier molecular flexibility index (Phi) is 5.53. The maximum atomic E-state index is 13.3. The predicted molar refractivity (Wildman–Crippen MR) is 123 cm³/mol. The fourth-order valence-corrected chi connectivity index (χ4v) is 8.28. The van der Waals surface area contributed by atoms with Crippen LogP contribution in [0, 0.1) is 34.5 Å². The molecule has 0 aromatic heterocycles. The maximum Gasteiger partial charge on any atom is 0.417 e. The molecule has 4 saturated carbocycles. The van der Waals surface area contributed by atoms with Crippen LogP contribution in [0.3, 0.4) is 0 Å². The predicted octanol–water partition coefficient (Wildman–Crippen LogP) is 7.91. The zero-order valence-electron chi connectivity index (χ0n) is 19.3. The third-order valence-corrected chi connectivity index (χ3v) is 9.97. The van der Waals surface area contributed by atoms with Crippen LogP contribution in [0.4, 0.5) is 13.2 Å². The minimum absolute atomic E-state index is 0.0555. The van der Waals surface area contributed by atoms with E-state index in [4.69, 9.17) is 0 Å². The van der Waals surface area contributed by atoms with Crippen molar-refractivity contribution >= 4 is 11.9 Å². The van der Waals surface area contributed by atoms with E-state index in [1.807, 2.05) is 0 Å². The lowest BCUT2D eigenvalue weighted by atomic mass is 9.45. The number of rotatable bonds is 2. The zero-order valence-corrected chi connectivity index (χ0v) is 19.3. The number of benzene rings is 1. The van der Waals surface area contributed by atoms with Gasteiger partial charge in [0.05, 0.1) is 11.8 Å². The molecular formula is C27H35F3N2. The van der Waals surface area contributed by atoms with Crippen LogP contribution in [0.2, 0.25) is 0 Å². The van der Waals surface area contributed by atoms with Crippen molar-refractivity contribution in [2.75, 3.05) is 0 Å². The van der Waals surface area contributed by atoms with Gasteiger partial charge in [-0.25, -0.2) is 0 Å². The largest absolute Gasteiger partial charge is 0.417 e. The topological polar surface area (TPSA) is 24.7 Å². The number of hydrogen-bond donors (Lipinski definition) is 0. The molecule has 4 aliphatic carbocycles. The molecular weight excluding hydrogens is 409 g/mol. The van der Waals surface area contributed by atoms with E-state index < -0.39 is 11.7 Å². The minimum atomic E-state index is -4.38. The summed E-state index contributed by atoms with van der Waals surface area (Å²) in [4.78, 5) is 0. The normalized spacial score (nSPS) is 40.8. The molecule has 6 atom stereocenters. The van der Waals surface area contributed by atoms with Crippen LogP contribution >= 0.6 is 0 Å². The first-order chi connectivity index (χ1) is 15.2. The molecule has 0 aliphatic heterocycles. The van der Waals surface area contributed by atoms with Gasteiger partial charge in [0.15, 0.2) is 0 Å². The molecule has 4 aliphatic rings. The summed E-state index contributed by atoms with van der Waals surface area (Å²) in [5, 5.41) is 8.73. The van der Waals surface area contributed by atoms with Crippen LogP contribution in [0.25, 0.3) is 0 Å². The first kappa shape index (κ1) is 22.2. The molecule has 5 rings (SSSR count). The molecule has 0 spiro atoms. The second-order valence-electron chi connectivity index (χ2n) is 11.3. The Balaban J connectivity index is 1.37. The smallest absolute Gasteiger partial charge is 0.166 e. The van der Waals surface area contributed by atoms with Gasteiger partial charge in [0.2, 0.25) is 0 Å². The highest BCUT2D eigenvalue weighted by atomic mass is 19.4. The van der Waals surface area contributed by atoms with E-state index in [-0.39, 0.29) is 11.0 Å². The fourth-order valence-electron chi connectivity index (χ4n) is 8.28. The quantitative estimate of drug-likeness (QED) is 0.327. The van der Waals surface area contributed by atoms with Crippen molar-refractivity contribution in [2.45, 2.75) is 84.2 Å². The van der Waals surface area contributed by atoms with Gasteiger partial charge in [-0.1, -0.05) is 44.9 Å². The van der Waals surface area contributed by atoms with Gasteiger partial charge in [0, 0.05) is 16.7 Å². The first-order valence-electron chi connectivity index (χ1n) is 12.5. The van der Waals surface area contributed by atoms with Gasteiger partial charge in [-0.15, -0.1) is 0 Å². The summed E-state index contributed by atoms with van der Waals surface area (Å²) in [6.07, 6.45) is 9.75. The Morgan fingerprint density at radius 2 is 1.75 bits per heavy atom. The molecule has 0 heterocycles. The van der Waals surface area contributed by atoms with Crippen LogP contribution in [0.1, 0.15) is 89.2 Å². The number of fused-ring (bicyclic) bond motifs is 5. The number of halogens is 3. The Bertz CT molecular complexity index is 920. The van der Waals surface area contributed by atoms with Gasteiger partial charge in [0.25, 0.3) is 0 Å². The van der Waals surface area contributed by atoms with Crippen LogP contribution in [0.5, 0.6) is 0 Å². The summed E-state index contributed by atoms with van der Waals surface area (Å²) < 4.78 is 39.8. The number of alkyl halides is 3. The fraction of sp³-hybridized carbons (Fsp3) is 0.704. The van der Waals surface area contributed by atoms with Gasteiger partial charge >= 0.3 is 6.18 Å². The summed E-state index contributed by atoms with van der Waals surface area (Å²) in [6.45, 7) is 4.94. The molecule has 0 N–H and O–H groups in total. The molecule has 1 aromatic rings. The maximum absolute atomic E-state index is 13.3. The van der Waals surface area contributed by atoms with E-state index in [1.54, 1.807) is 6.07 Å². The summed E-state index contributed by atoms with van der Waals surface area (Å²) in [7, 11) is 0. The van der Waals surface area contributed by atoms with E-state index in [2.05, 4.69) is 24.1 Å². The SMILES string of the molecule is C[C@]12CCCC[C@@H]1CC[C@H]1[C@H]2CC[C@@]2(C)/C(=N\N=C/c3ccccc3C(F)(F)F)CC[C@H]12. The van der Waals surface area contributed by atoms with Crippen LogP contribution in [-0.4, -0.2) is 11.9 Å². The van der Waals surface area contributed by atoms with E-state index in [1.165, 1.54) is 63.3 Å². The van der Waals surface area contributed by atoms with Crippen molar-refractivity contribution in [3.63, 3.8) is 0 Å². The van der Waals surface area contributed by atoms with Crippen LogP contribution in [-0.2, 0) is 6.18 Å². The van der Waals surface area contributed by atoms with Crippen molar-refractivity contribution in [2.24, 2.45) is 44.7 Å². The van der Waals surface area contributed by atoms with E-state index in [0.717, 1.165) is 48.8 Å². The van der Waals surface area contributed by atoms with Crippen LogP contribution < -0.4 is 0 Å². The van der Waals surface area contributed by atoms with Crippen molar-refractivity contribution in [1.29, 1.82) is 0 Å². The summed E-state index contributed by atoms with van der Waals surface area (Å²) >= 11 is 0. The lowest BCUT2D eigenvalue weighted by Gasteiger charge is -2.59. The van der Waals surface area contributed by atoms with E-state index in [9.17, 15) is 13.2 Å². The van der Waals surface area contributed by atoms with Crippen LogP contribution in [0.15, 0.2) is 34.5 Å². The molecule has 5 heteroatoms. The standard InChI is InChI=1S/C27H35F3N2/c1-25-15-6-5-8-19(25)10-11-20-22-12-13-24(26(22,2)16-14-23(20)25)32-31-17-18-7-3-4-9-21(18)27(28,29)30/h3-4,7,9,17,19-20,22-23H,5-6,8,10-16H2,1-2H3/b31-17-,32-24-/t19-,20-,22-,23-,25+,26-/m1/s1. The lowest BCUT2D eigenvalue weighted by molar-refractivity contribution is -0.137. The van der Waals surface area contributed by atoms with Crippen molar-refractivity contribution in [1.82, 2.24) is 0 Å². The third-order valence-electron chi connectivity index (χ3n) is 9.97. The average molecular weight is 445 g/mol. The molecule has 4 fully saturated rings. The first-order valence-corrected chi connectivity index (χ1v) is 12.5. The Labute approximate surface area is 189 Å². The van der Waals surface area contributed by atoms with E-state index in [0.29, 0.717) is 11.3 Å². The molecule has 2 nitrogen and oxygen atoms in total. The molecule has 0 bridgehead atoms. The summed E-state index contributed by atoms with van der Waals surface area (Å²) in [6, 6.07) is 5.58. The monoisotopic (exact) mass is 444 g/mol. The van der Waals surface area contributed by atoms with Crippen molar-refractivity contribution in [3.8, 4) is 0 Å². The van der Waals surface area contributed by atoms with Crippen molar-refractivity contribution in [3.05, 3.63) is 35.4 Å². The Morgan fingerprint density at radius 1 is 0.938 bits per heavy atom. The van der Waals surface area contributed by atoms with Gasteiger partial charge in [0.1, 0.15) is 0 Å². The molecule has 0 saturated heterocycles. The number of nitrogens with zero attached hydrogens (tertiary/aromatic N) is 2.